The van der Waals surface area contributed by atoms with Crippen LogP contribution in [0.25, 0.3) is 0 Å². The summed E-state index contributed by atoms with van der Waals surface area (Å²) in [6.45, 7) is 3.53. The van der Waals surface area contributed by atoms with E-state index in [1.54, 1.807) is 24.3 Å². The highest BCUT2D eigenvalue weighted by molar-refractivity contribution is 5.96. The zero-order valence-corrected chi connectivity index (χ0v) is 15.8. The Balaban J connectivity index is 1.58. The number of esters is 1. The van der Waals surface area contributed by atoms with Gasteiger partial charge in [0.2, 0.25) is 0 Å². The van der Waals surface area contributed by atoms with Crippen LogP contribution in [0.3, 0.4) is 0 Å². The average molecular weight is 375 g/mol. The fraction of sp³-hybridized carbons (Fsp3) is 0.130. The number of para-hydroxylation sites is 1. The van der Waals surface area contributed by atoms with E-state index >= 15 is 0 Å². The van der Waals surface area contributed by atoms with Crippen molar-refractivity contribution in [3.63, 3.8) is 0 Å². The van der Waals surface area contributed by atoms with Gasteiger partial charge in [-0.05, 0) is 61.4 Å². The van der Waals surface area contributed by atoms with Crippen LogP contribution in [-0.4, -0.2) is 18.5 Å². The van der Waals surface area contributed by atoms with E-state index in [9.17, 15) is 9.59 Å². The highest BCUT2D eigenvalue weighted by Crippen LogP contribution is 2.22. The van der Waals surface area contributed by atoms with Crippen molar-refractivity contribution in [2.45, 2.75) is 13.8 Å². The highest BCUT2D eigenvalue weighted by Gasteiger charge is 2.12. The minimum atomic E-state index is -0.588. The number of anilines is 1. The number of rotatable bonds is 6. The molecule has 0 aliphatic carbocycles. The lowest BCUT2D eigenvalue weighted by Gasteiger charge is -2.11. The molecule has 3 rings (SSSR count). The van der Waals surface area contributed by atoms with Gasteiger partial charge in [-0.1, -0.05) is 36.4 Å². The lowest BCUT2D eigenvalue weighted by Crippen LogP contribution is -2.21. The van der Waals surface area contributed by atoms with E-state index in [4.69, 9.17) is 9.47 Å². The first-order valence-electron chi connectivity index (χ1n) is 8.89. The van der Waals surface area contributed by atoms with E-state index < -0.39 is 11.9 Å². The molecule has 0 aromatic heterocycles. The molecule has 0 saturated heterocycles. The summed E-state index contributed by atoms with van der Waals surface area (Å²) in [6.07, 6.45) is 0. The maximum Gasteiger partial charge on any atom is 0.338 e. The van der Waals surface area contributed by atoms with Crippen LogP contribution in [0, 0.1) is 13.8 Å². The summed E-state index contributed by atoms with van der Waals surface area (Å²) >= 11 is 0. The largest absolute Gasteiger partial charge is 0.457 e. The van der Waals surface area contributed by atoms with Crippen molar-refractivity contribution in [3.05, 3.63) is 89.5 Å². The second kappa shape index (κ2) is 8.86. The lowest BCUT2D eigenvalue weighted by molar-refractivity contribution is -0.119. The smallest absolute Gasteiger partial charge is 0.338 e. The first-order valence-corrected chi connectivity index (χ1v) is 8.89. The maximum absolute atomic E-state index is 12.3. The van der Waals surface area contributed by atoms with Crippen molar-refractivity contribution in [1.29, 1.82) is 0 Å². The monoisotopic (exact) mass is 375 g/mol. The quantitative estimate of drug-likeness (QED) is 0.623. The lowest BCUT2D eigenvalue weighted by atomic mass is 10.1. The number of aryl methyl sites for hydroxylation is 1. The second-order valence-electron chi connectivity index (χ2n) is 6.31. The molecule has 0 fully saturated rings. The summed E-state index contributed by atoms with van der Waals surface area (Å²) in [5, 5.41) is 2.76. The molecule has 0 aliphatic rings. The maximum atomic E-state index is 12.3. The summed E-state index contributed by atoms with van der Waals surface area (Å²) in [6, 6.07) is 21.5. The van der Waals surface area contributed by atoms with Crippen LogP contribution in [-0.2, 0) is 9.53 Å². The molecule has 5 heteroatoms. The summed E-state index contributed by atoms with van der Waals surface area (Å²) in [5.41, 5.74) is 3.07. The first-order chi connectivity index (χ1) is 13.5. The third kappa shape index (κ3) is 4.98. The molecule has 5 nitrogen and oxygen atoms in total. The van der Waals surface area contributed by atoms with Gasteiger partial charge in [0.15, 0.2) is 6.61 Å². The highest BCUT2D eigenvalue weighted by atomic mass is 16.5. The Labute approximate surface area is 163 Å². The Morgan fingerprint density at radius 3 is 2.36 bits per heavy atom. The van der Waals surface area contributed by atoms with E-state index in [1.807, 2.05) is 62.4 Å². The topological polar surface area (TPSA) is 64.6 Å². The van der Waals surface area contributed by atoms with Crippen LogP contribution in [0.4, 0.5) is 5.69 Å². The van der Waals surface area contributed by atoms with Crippen molar-refractivity contribution >= 4 is 17.6 Å². The Morgan fingerprint density at radius 1 is 0.857 bits per heavy atom. The van der Waals surface area contributed by atoms with Gasteiger partial charge in [0, 0.05) is 5.69 Å². The van der Waals surface area contributed by atoms with Crippen LogP contribution in [0.2, 0.25) is 0 Å². The summed E-state index contributed by atoms with van der Waals surface area (Å²) < 4.78 is 10.8. The number of carbonyl (C=O) groups is 2. The minimum Gasteiger partial charge on any atom is -0.457 e. The van der Waals surface area contributed by atoms with Crippen LogP contribution in [0.5, 0.6) is 11.5 Å². The fourth-order valence-electron chi connectivity index (χ4n) is 2.60. The molecule has 0 radical (unpaired) electrons. The third-order valence-corrected chi connectivity index (χ3v) is 4.26. The van der Waals surface area contributed by atoms with Gasteiger partial charge in [-0.15, -0.1) is 0 Å². The molecule has 0 atom stereocenters. The molecule has 3 aromatic rings. The zero-order valence-electron chi connectivity index (χ0n) is 15.8. The number of benzene rings is 3. The van der Waals surface area contributed by atoms with E-state index in [-0.39, 0.29) is 6.61 Å². The van der Waals surface area contributed by atoms with E-state index in [2.05, 4.69) is 5.32 Å². The third-order valence-electron chi connectivity index (χ3n) is 4.26. The molecule has 0 heterocycles. The number of hydrogen-bond donors (Lipinski definition) is 1. The number of hydrogen-bond acceptors (Lipinski definition) is 4. The molecule has 28 heavy (non-hydrogen) atoms. The van der Waals surface area contributed by atoms with E-state index in [0.717, 1.165) is 11.1 Å². The van der Waals surface area contributed by atoms with Gasteiger partial charge >= 0.3 is 5.97 Å². The van der Waals surface area contributed by atoms with Gasteiger partial charge < -0.3 is 14.8 Å². The summed E-state index contributed by atoms with van der Waals surface area (Å²) in [7, 11) is 0. The van der Waals surface area contributed by atoms with Crippen molar-refractivity contribution in [3.8, 4) is 11.5 Å². The molecule has 142 valence electrons. The van der Waals surface area contributed by atoms with Crippen LogP contribution in [0.15, 0.2) is 72.8 Å². The predicted molar refractivity (Wildman–Crippen MR) is 108 cm³/mol. The molecule has 0 unspecified atom stereocenters. The number of amides is 1. The van der Waals surface area contributed by atoms with Crippen molar-refractivity contribution in [2.75, 3.05) is 11.9 Å². The Bertz CT molecular complexity index is 983. The van der Waals surface area contributed by atoms with Crippen LogP contribution in [0.1, 0.15) is 21.5 Å². The molecule has 0 spiro atoms. The van der Waals surface area contributed by atoms with E-state index in [1.165, 1.54) is 0 Å². The fourth-order valence-corrected chi connectivity index (χ4v) is 2.60. The van der Waals surface area contributed by atoms with Crippen molar-refractivity contribution < 1.29 is 19.1 Å². The summed E-state index contributed by atoms with van der Waals surface area (Å²) in [5.74, 6) is 0.203. The number of carbonyl (C=O) groups excluding carboxylic acids is 2. The Morgan fingerprint density at radius 2 is 1.57 bits per heavy atom. The molecule has 0 saturated carbocycles. The molecule has 1 N–H and O–H groups in total. The SMILES string of the molecule is Cc1cccc(NC(=O)COC(=O)c2cccc(Oc3ccccc3)c2)c1C. The molecule has 3 aromatic carbocycles. The second-order valence-corrected chi connectivity index (χ2v) is 6.31. The van der Waals surface area contributed by atoms with Crippen LogP contribution < -0.4 is 10.1 Å². The van der Waals surface area contributed by atoms with Gasteiger partial charge in [-0.2, -0.15) is 0 Å². The van der Waals surface area contributed by atoms with Gasteiger partial charge in [-0.3, -0.25) is 4.79 Å². The standard InChI is InChI=1S/C23H21NO4/c1-16-8-6-13-21(17(16)2)24-22(25)15-27-23(26)18-9-7-12-20(14-18)28-19-10-4-3-5-11-19/h3-14H,15H2,1-2H3,(H,24,25). The first kappa shape index (κ1) is 19.2. The minimum absolute atomic E-state index is 0.313. The molecule has 0 aliphatic heterocycles. The van der Waals surface area contributed by atoms with Gasteiger partial charge in [-0.25, -0.2) is 4.79 Å². The zero-order chi connectivity index (χ0) is 19.9. The van der Waals surface area contributed by atoms with Crippen LogP contribution >= 0.6 is 0 Å². The molecular weight excluding hydrogens is 354 g/mol. The normalized spacial score (nSPS) is 10.2. The van der Waals surface area contributed by atoms with E-state index in [0.29, 0.717) is 22.7 Å². The molecular formula is C23H21NO4. The Hall–Kier alpha value is -3.60. The van der Waals surface area contributed by atoms with Crippen molar-refractivity contribution in [2.24, 2.45) is 0 Å². The molecule has 0 bridgehead atoms. The van der Waals surface area contributed by atoms with Gasteiger partial charge in [0.05, 0.1) is 5.56 Å². The van der Waals surface area contributed by atoms with Gasteiger partial charge in [0.1, 0.15) is 11.5 Å². The van der Waals surface area contributed by atoms with Gasteiger partial charge in [0.25, 0.3) is 5.91 Å². The summed E-state index contributed by atoms with van der Waals surface area (Å²) in [4.78, 5) is 24.4. The predicted octanol–water partition coefficient (Wildman–Crippen LogP) is 4.89. The average Bonchev–Trinajstić information content (AvgIpc) is 2.70. The Kier molecular flexibility index (Phi) is 6.07. The van der Waals surface area contributed by atoms with Crippen molar-refractivity contribution in [1.82, 2.24) is 0 Å². The number of nitrogens with one attached hydrogen (secondary N) is 1. The molecule has 1 amide bonds. The number of ether oxygens (including phenoxy) is 2.